The Morgan fingerprint density at radius 1 is 1.35 bits per heavy atom. The van der Waals surface area contributed by atoms with Gasteiger partial charge in [-0.15, -0.1) is 0 Å². The highest BCUT2D eigenvalue weighted by molar-refractivity contribution is 5.75. The first kappa shape index (κ1) is 14.4. The molecule has 1 aromatic carbocycles. The Balaban J connectivity index is 1.93. The molecule has 0 radical (unpaired) electrons. The van der Waals surface area contributed by atoms with Crippen LogP contribution < -0.4 is 0 Å². The monoisotopic (exact) mass is 277 g/mol. The minimum absolute atomic E-state index is 0.203. The SMILES string of the molecule is CC1(C)CN(C(=O)OCc2ccccc2)CC1C(=O)O. The predicted molar refractivity (Wildman–Crippen MR) is 73.1 cm³/mol. The van der Waals surface area contributed by atoms with Gasteiger partial charge in [-0.05, 0) is 11.0 Å². The second-order valence-electron chi connectivity index (χ2n) is 5.80. The van der Waals surface area contributed by atoms with E-state index in [1.165, 1.54) is 4.90 Å². The Morgan fingerprint density at radius 3 is 2.55 bits per heavy atom. The summed E-state index contributed by atoms with van der Waals surface area (Å²) in [5, 5.41) is 9.18. The molecule has 5 heteroatoms. The molecule has 1 aliphatic heterocycles. The van der Waals surface area contributed by atoms with Gasteiger partial charge in [0.25, 0.3) is 0 Å². The number of carboxylic acid groups (broad SMARTS) is 1. The van der Waals surface area contributed by atoms with E-state index in [0.29, 0.717) is 6.54 Å². The molecule has 2 rings (SSSR count). The summed E-state index contributed by atoms with van der Waals surface area (Å²) in [6.45, 7) is 4.52. The van der Waals surface area contributed by atoms with E-state index < -0.39 is 23.4 Å². The summed E-state index contributed by atoms with van der Waals surface area (Å²) in [5.41, 5.74) is 0.478. The van der Waals surface area contributed by atoms with E-state index in [-0.39, 0.29) is 13.2 Å². The topological polar surface area (TPSA) is 66.8 Å². The van der Waals surface area contributed by atoms with Crippen molar-refractivity contribution >= 4 is 12.1 Å². The second kappa shape index (κ2) is 5.53. The van der Waals surface area contributed by atoms with Crippen molar-refractivity contribution < 1.29 is 19.4 Å². The fourth-order valence-corrected chi connectivity index (χ4v) is 2.50. The maximum Gasteiger partial charge on any atom is 0.410 e. The van der Waals surface area contributed by atoms with Crippen LogP contribution in [0, 0.1) is 11.3 Å². The van der Waals surface area contributed by atoms with Gasteiger partial charge in [-0.25, -0.2) is 4.79 Å². The number of carboxylic acids is 1. The quantitative estimate of drug-likeness (QED) is 0.921. The van der Waals surface area contributed by atoms with E-state index in [4.69, 9.17) is 4.74 Å². The summed E-state index contributed by atoms with van der Waals surface area (Å²) in [6, 6.07) is 9.40. The summed E-state index contributed by atoms with van der Waals surface area (Å²) in [4.78, 5) is 24.6. The van der Waals surface area contributed by atoms with Crippen molar-refractivity contribution in [2.75, 3.05) is 13.1 Å². The van der Waals surface area contributed by atoms with Crippen molar-refractivity contribution in [2.45, 2.75) is 20.5 Å². The Hall–Kier alpha value is -2.04. The van der Waals surface area contributed by atoms with Crippen LogP contribution in [0.15, 0.2) is 30.3 Å². The Morgan fingerprint density at radius 2 is 2.00 bits per heavy atom. The van der Waals surface area contributed by atoms with Crippen LogP contribution in [0.5, 0.6) is 0 Å². The molecule has 20 heavy (non-hydrogen) atoms. The zero-order valence-corrected chi connectivity index (χ0v) is 11.7. The number of ether oxygens (including phenoxy) is 1. The molecule has 1 unspecified atom stereocenters. The van der Waals surface area contributed by atoms with Crippen LogP contribution in [-0.4, -0.2) is 35.2 Å². The molecular weight excluding hydrogens is 258 g/mol. The fourth-order valence-electron chi connectivity index (χ4n) is 2.50. The average Bonchev–Trinajstić information content (AvgIpc) is 2.73. The first-order valence-corrected chi connectivity index (χ1v) is 6.58. The molecular formula is C15H19NO4. The van der Waals surface area contributed by atoms with Crippen LogP contribution >= 0.6 is 0 Å². The predicted octanol–water partition coefficient (Wildman–Crippen LogP) is 2.37. The third kappa shape index (κ3) is 3.10. The minimum Gasteiger partial charge on any atom is -0.481 e. The third-order valence-electron chi connectivity index (χ3n) is 3.71. The highest BCUT2D eigenvalue weighted by Crippen LogP contribution is 2.35. The number of carbonyl (C=O) groups is 2. The van der Waals surface area contributed by atoms with Crippen LogP contribution in [0.1, 0.15) is 19.4 Å². The number of likely N-dealkylation sites (tertiary alicyclic amines) is 1. The second-order valence-corrected chi connectivity index (χ2v) is 5.80. The maximum absolute atomic E-state index is 12.0. The van der Waals surface area contributed by atoms with Crippen LogP contribution in [0.25, 0.3) is 0 Å². The highest BCUT2D eigenvalue weighted by atomic mass is 16.6. The molecule has 0 aliphatic carbocycles. The zero-order chi connectivity index (χ0) is 14.8. The van der Waals surface area contributed by atoms with Crippen molar-refractivity contribution in [2.24, 2.45) is 11.3 Å². The number of carbonyl (C=O) groups excluding carboxylic acids is 1. The molecule has 0 saturated carbocycles. The molecule has 1 amide bonds. The molecule has 1 saturated heterocycles. The summed E-state index contributed by atoms with van der Waals surface area (Å²) in [6.07, 6.45) is -0.453. The summed E-state index contributed by atoms with van der Waals surface area (Å²) < 4.78 is 5.23. The number of rotatable bonds is 3. The summed E-state index contributed by atoms with van der Waals surface area (Å²) in [7, 11) is 0. The van der Waals surface area contributed by atoms with Gasteiger partial charge in [0.2, 0.25) is 0 Å². The van der Waals surface area contributed by atoms with Gasteiger partial charge in [0.1, 0.15) is 6.61 Å². The number of amides is 1. The standard InChI is InChI=1S/C15H19NO4/c1-15(2)10-16(8-12(15)13(17)18)14(19)20-9-11-6-4-3-5-7-11/h3-7,12H,8-10H2,1-2H3,(H,17,18). The number of hydrogen-bond donors (Lipinski definition) is 1. The molecule has 0 aromatic heterocycles. The normalized spacial score (nSPS) is 20.7. The molecule has 1 atom stereocenters. The van der Waals surface area contributed by atoms with E-state index in [1.54, 1.807) is 0 Å². The van der Waals surface area contributed by atoms with E-state index >= 15 is 0 Å². The van der Waals surface area contributed by atoms with Gasteiger partial charge in [-0.2, -0.15) is 0 Å². The van der Waals surface area contributed by atoms with Gasteiger partial charge in [-0.1, -0.05) is 44.2 Å². The Bertz CT molecular complexity index is 498. The first-order chi connectivity index (χ1) is 9.40. The van der Waals surface area contributed by atoms with Crippen LogP contribution in [0.4, 0.5) is 4.79 Å². The molecule has 0 bridgehead atoms. The molecule has 1 aliphatic rings. The van der Waals surface area contributed by atoms with Crippen LogP contribution in [0.2, 0.25) is 0 Å². The van der Waals surface area contributed by atoms with Crippen molar-refractivity contribution in [1.29, 1.82) is 0 Å². The van der Waals surface area contributed by atoms with Crippen LogP contribution in [-0.2, 0) is 16.1 Å². The van der Waals surface area contributed by atoms with Crippen molar-refractivity contribution in [3.63, 3.8) is 0 Å². The average molecular weight is 277 g/mol. The van der Waals surface area contributed by atoms with Gasteiger partial charge < -0.3 is 14.7 Å². The van der Waals surface area contributed by atoms with Gasteiger partial charge in [0.05, 0.1) is 5.92 Å². The number of hydrogen-bond acceptors (Lipinski definition) is 3. The van der Waals surface area contributed by atoms with Crippen molar-refractivity contribution in [3.8, 4) is 0 Å². The van der Waals surface area contributed by atoms with Gasteiger partial charge in [0.15, 0.2) is 0 Å². The van der Waals surface area contributed by atoms with Crippen molar-refractivity contribution in [3.05, 3.63) is 35.9 Å². The first-order valence-electron chi connectivity index (χ1n) is 6.58. The molecule has 1 N–H and O–H groups in total. The number of aliphatic carboxylic acids is 1. The van der Waals surface area contributed by atoms with E-state index in [1.807, 2.05) is 44.2 Å². The molecule has 108 valence electrons. The molecule has 0 spiro atoms. The summed E-state index contributed by atoms with van der Waals surface area (Å²) in [5.74, 6) is -1.42. The Labute approximate surface area is 118 Å². The van der Waals surface area contributed by atoms with Gasteiger partial charge in [0, 0.05) is 13.1 Å². The fraction of sp³-hybridized carbons (Fsp3) is 0.467. The lowest BCUT2D eigenvalue weighted by Crippen LogP contribution is -2.30. The smallest absolute Gasteiger partial charge is 0.410 e. The molecule has 1 heterocycles. The Kier molecular flexibility index (Phi) is 3.97. The van der Waals surface area contributed by atoms with E-state index in [2.05, 4.69) is 0 Å². The van der Waals surface area contributed by atoms with Gasteiger partial charge in [-0.3, -0.25) is 4.79 Å². The molecule has 5 nitrogen and oxygen atoms in total. The number of benzene rings is 1. The van der Waals surface area contributed by atoms with Crippen molar-refractivity contribution in [1.82, 2.24) is 4.90 Å². The molecule has 1 fully saturated rings. The van der Waals surface area contributed by atoms with E-state index in [0.717, 1.165) is 5.56 Å². The lowest BCUT2D eigenvalue weighted by molar-refractivity contribution is -0.143. The third-order valence-corrected chi connectivity index (χ3v) is 3.71. The maximum atomic E-state index is 12.0. The number of nitrogens with zero attached hydrogens (tertiary/aromatic N) is 1. The summed E-state index contributed by atoms with van der Waals surface area (Å²) >= 11 is 0. The highest BCUT2D eigenvalue weighted by Gasteiger charge is 2.45. The van der Waals surface area contributed by atoms with Crippen LogP contribution in [0.3, 0.4) is 0 Å². The largest absolute Gasteiger partial charge is 0.481 e. The molecule has 1 aromatic rings. The zero-order valence-electron chi connectivity index (χ0n) is 11.7. The lowest BCUT2D eigenvalue weighted by Gasteiger charge is -2.21. The lowest BCUT2D eigenvalue weighted by atomic mass is 9.82. The van der Waals surface area contributed by atoms with E-state index in [9.17, 15) is 14.7 Å². The van der Waals surface area contributed by atoms with Gasteiger partial charge >= 0.3 is 12.1 Å². The minimum atomic E-state index is -0.867.